The van der Waals surface area contributed by atoms with Gasteiger partial charge in [0.1, 0.15) is 5.75 Å². The molecule has 0 radical (unpaired) electrons. The number of amides is 1. The summed E-state index contributed by atoms with van der Waals surface area (Å²) in [5.74, 6) is 0.127. The summed E-state index contributed by atoms with van der Waals surface area (Å²) in [6.07, 6.45) is -0.0994. The highest BCUT2D eigenvalue weighted by atomic mass is 79.9. The predicted molar refractivity (Wildman–Crippen MR) is 58.3 cm³/mol. The third-order valence-corrected chi connectivity index (χ3v) is 2.81. The zero-order valence-corrected chi connectivity index (χ0v) is 9.55. The molecule has 4 nitrogen and oxygen atoms in total. The second-order valence-electron chi connectivity index (χ2n) is 3.18. The van der Waals surface area contributed by atoms with Crippen molar-refractivity contribution in [1.29, 1.82) is 0 Å². The Morgan fingerprint density at radius 1 is 1.40 bits per heavy atom. The molecule has 0 unspecified atom stereocenters. The number of ketones is 1. The van der Waals surface area contributed by atoms with Crippen LogP contribution in [0.1, 0.15) is 16.8 Å². The molecule has 2 rings (SSSR count). The zero-order chi connectivity index (χ0) is 11.0. The van der Waals surface area contributed by atoms with Crippen molar-refractivity contribution in [2.75, 3.05) is 12.4 Å². The Bertz CT molecular complexity index is 456. The van der Waals surface area contributed by atoms with E-state index in [1.165, 1.54) is 7.11 Å². The summed E-state index contributed by atoms with van der Waals surface area (Å²) in [6.45, 7) is 0. The van der Waals surface area contributed by atoms with Gasteiger partial charge in [-0.2, -0.15) is 0 Å². The number of carbonyl (C=O) groups is 2. The van der Waals surface area contributed by atoms with E-state index in [0.29, 0.717) is 21.5 Å². The fourth-order valence-corrected chi connectivity index (χ4v) is 1.98. The molecule has 1 aliphatic rings. The molecule has 0 saturated carbocycles. The van der Waals surface area contributed by atoms with Crippen LogP contribution in [0, 0.1) is 0 Å². The Kier molecular flexibility index (Phi) is 2.48. The molecular weight excluding hydrogens is 262 g/mol. The van der Waals surface area contributed by atoms with Crippen molar-refractivity contribution < 1.29 is 14.3 Å². The highest BCUT2D eigenvalue weighted by Crippen LogP contribution is 2.33. The topological polar surface area (TPSA) is 55.4 Å². The van der Waals surface area contributed by atoms with Crippen LogP contribution in [-0.2, 0) is 4.79 Å². The third kappa shape index (κ3) is 1.74. The standard InChI is InChI=1S/C10H8BrNO3/c1-15-9-2-5-7(3-6(9)11)12-10(14)4-8(5)13/h2-3H,4H2,1H3,(H,12,14). The van der Waals surface area contributed by atoms with Crippen molar-refractivity contribution in [2.45, 2.75) is 6.42 Å². The quantitative estimate of drug-likeness (QED) is 0.794. The van der Waals surface area contributed by atoms with Crippen LogP contribution in [-0.4, -0.2) is 18.8 Å². The maximum atomic E-state index is 11.5. The molecule has 0 atom stereocenters. The summed E-state index contributed by atoms with van der Waals surface area (Å²) in [4.78, 5) is 22.7. The first-order valence-corrected chi connectivity index (χ1v) is 5.11. The number of methoxy groups -OCH3 is 1. The van der Waals surface area contributed by atoms with Crippen LogP contribution in [0.15, 0.2) is 16.6 Å². The van der Waals surface area contributed by atoms with E-state index >= 15 is 0 Å². The fraction of sp³-hybridized carbons (Fsp3) is 0.200. The van der Waals surface area contributed by atoms with Gasteiger partial charge in [0.25, 0.3) is 0 Å². The molecule has 15 heavy (non-hydrogen) atoms. The van der Waals surface area contributed by atoms with E-state index in [1.54, 1.807) is 12.1 Å². The van der Waals surface area contributed by atoms with Crippen LogP contribution in [0.3, 0.4) is 0 Å². The maximum absolute atomic E-state index is 11.5. The molecule has 5 heteroatoms. The summed E-state index contributed by atoms with van der Waals surface area (Å²) in [7, 11) is 1.53. The number of hydrogen-bond donors (Lipinski definition) is 1. The smallest absolute Gasteiger partial charge is 0.232 e. The molecule has 0 bridgehead atoms. The van der Waals surface area contributed by atoms with Gasteiger partial charge < -0.3 is 10.1 Å². The van der Waals surface area contributed by atoms with Crippen LogP contribution in [0.25, 0.3) is 0 Å². The van der Waals surface area contributed by atoms with Gasteiger partial charge in [-0.3, -0.25) is 9.59 Å². The molecule has 1 aromatic carbocycles. The molecule has 0 spiro atoms. The van der Waals surface area contributed by atoms with Crippen molar-refractivity contribution in [1.82, 2.24) is 0 Å². The molecule has 1 heterocycles. The van der Waals surface area contributed by atoms with E-state index in [2.05, 4.69) is 21.2 Å². The lowest BCUT2D eigenvalue weighted by Crippen LogP contribution is -2.24. The molecule has 1 amide bonds. The number of carbonyl (C=O) groups excluding carboxylic acids is 2. The number of ether oxygens (including phenoxy) is 1. The first-order chi connectivity index (χ1) is 7.11. The minimum absolute atomic E-state index is 0.0994. The van der Waals surface area contributed by atoms with E-state index < -0.39 is 0 Å². The average Bonchev–Trinajstić information content (AvgIpc) is 2.16. The van der Waals surface area contributed by atoms with Crippen molar-refractivity contribution in [2.24, 2.45) is 0 Å². The molecule has 1 N–H and O–H groups in total. The first kappa shape index (κ1) is 10.2. The van der Waals surface area contributed by atoms with Crippen LogP contribution in [0.2, 0.25) is 0 Å². The van der Waals surface area contributed by atoms with Gasteiger partial charge in [0.2, 0.25) is 5.91 Å². The summed E-state index contributed by atoms with van der Waals surface area (Å²) in [5, 5.41) is 2.64. The minimum atomic E-state index is -0.274. The van der Waals surface area contributed by atoms with Crippen LogP contribution in [0.4, 0.5) is 5.69 Å². The van der Waals surface area contributed by atoms with Crippen molar-refractivity contribution in [3.63, 3.8) is 0 Å². The number of anilines is 1. The molecule has 0 aliphatic carbocycles. The second-order valence-corrected chi connectivity index (χ2v) is 4.03. The van der Waals surface area contributed by atoms with Gasteiger partial charge in [-0.1, -0.05) is 0 Å². The van der Waals surface area contributed by atoms with Gasteiger partial charge in [0.15, 0.2) is 5.78 Å². The Balaban J connectivity index is 2.56. The third-order valence-electron chi connectivity index (χ3n) is 2.19. The second kappa shape index (κ2) is 3.66. The Morgan fingerprint density at radius 3 is 2.80 bits per heavy atom. The normalized spacial score (nSPS) is 14.5. The van der Waals surface area contributed by atoms with Gasteiger partial charge in [-0.25, -0.2) is 0 Å². The number of benzene rings is 1. The number of Topliss-reactive ketones (excluding diaryl/α,β-unsaturated/α-hetero) is 1. The molecular formula is C10H8BrNO3. The average molecular weight is 270 g/mol. The molecule has 1 aromatic rings. The largest absolute Gasteiger partial charge is 0.496 e. The van der Waals surface area contributed by atoms with Gasteiger partial charge in [0.05, 0.1) is 23.7 Å². The number of rotatable bonds is 1. The molecule has 0 fully saturated rings. The number of hydrogen-bond acceptors (Lipinski definition) is 3. The lowest BCUT2D eigenvalue weighted by atomic mass is 10.0. The SMILES string of the molecule is COc1cc2c(cc1Br)NC(=O)CC2=O. The monoisotopic (exact) mass is 269 g/mol. The zero-order valence-electron chi connectivity index (χ0n) is 7.96. The Labute approximate surface area is 94.7 Å². The summed E-state index contributed by atoms with van der Waals surface area (Å²) >= 11 is 3.29. The predicted octanol–water partition coefficient (Wildman–Crippen LogP) is 1.98. The van der Waals surface area contributed by atoms with Crippen LogP contribution >= 0.6 is 15.9 Å². The summed E-state index contributed by atoms with van der Waals surface area (Å²) < 4.78 is 5.78. The lowest BCUT2D eigenvalue weighted by molar-refractivity contribution is -0.115. The van der Waals surface area contributed by atoms with Crippen molar-refractivity contribution in [3.8, 4) is 5.75 Å². The van der Waals surface area contributed by atoms with Gasteiger partial charge in [0, 0.05) is 5.56 Å². The maximum Gasteiger partial charge on any atom is 0.232 e. The van der Waals surface area contributed by atoms with Crippen LogP contribution < -0.4 is 10.1 Å². The number of halogens is 1. The Morgan fingerprint density at radius 2 is 2.13 bits per heavy atom. The highest BCUT2D eigenvalue weighted by Gasteiger charge is 2.23. The molecule has 78 valence electrons. The fourth-order valence-electron chi connectivity index (χ4n) is 1.48. The molecule has 0 saturated heterocycles. The van der Waals surface area contributed by atoms with Crippen LogP contribution in [0.5, 0.6) is 5.75 Å². The minimum Gasteiger partial charge on any atom is -0.496 e. The van der Waals surface area contributed by atoms with E-state index in [0.717, 1.165) is 0 Å². The lowest BCUT2D eigenvalue weighted by Gasteiger charge is -2.17. The van der Waals surface area contributed by atoms with Gasteiger partial charge in [-0.15, -0.1) is 0 Å². The summed E-state index contributed by atoms with van der Waals surface area (Å²) in [5.41, 5.74) is 1.03. The van der Waals surface area contributed by atoms with E-state index in [1.807, 2.05) is 0 Å². The number of fused-ring (bicyclic) bond motifs is 1. The van der Waals surface area contributed by atoms with Gasteiger partial charge >= 0.3 is 0 Å². The molecule has 0 aromatic heterocycles. The number of nitrogens with one attached hydrogen (secondary N) is 1. The Hall–Kier alpha value is -1.36. The van der Waals surface area contributed by atoms with Gasteiger partial charge in [-0.05, 0) is 28.1 Å². The molecule has 1 aliphatic heterocycles. The first-order valence-electron chi connectivity index (χ1n) is 4.32. The van der Waals surface area contributed by atoms with Crippen molar-refractivity contribution >= 4 is 33.3 Å². The van der Waals surface area contributed by atoms with Crippen molar-refractivity contribution in [3.05, 3.63) is 22.2 Å². The summed E-state index contributed by atoms with van der Waals surface area (Å²) in [6, 6.07) is 3.30. The highest BCUT2D eigenvalue weighted by molar-refractivity contribution is 9.10. The van der Waals surface area contributed by atoms with E-state index in [4.69, 9.17) is 4.74 Å². The van der Waals surface area contributed by atoms with E-state index in [9.17, 15) is 9.59 Å². The van der Waals surface area contributed by atoms with E-state index in [-0.39, 0.29) is 18.1 Å².